The molecule has 3 rings (SSSR count). The van der Waals surface area contributed by atoms with E-state index < -0.39 is 15.9 Å². The SMILES string of the molecule is Cc1ccc(NC(=O)CN(C)S(=O)(=O)c2cccc3cnccc23)c(C)c1. The second-order valence-electron chi connectivity index (χ2n) is 6.48. The molecule has 0 saturated carbocycles. The number of benzene rings is 2. The number of aryl methyl sites for hydroxylation is 2. The van der Waals surface area contributed by atoms with Crippen LogP contribution in [0.5, 0.6) is 0 Å². The number of amides is 1. The lowest BCUT2D eigenvalue weighted by atomic mass is 10.1. The monoisotopic (exact) mass is 383 g/mol. The first kappa shape index (κ1) is 19.0. The summed E-state index contributed by atoms with van der Waals surface area (Å²) in [6.07, 6.45) is 3.16. The van der Waals surface area contributed by atoms with Crippen molar-refractivity contribution < 1.29 is 13.2 Å². The summed E-state index contributed by atoms with van der Waals surface area (Å²) in [5.41, 5.74) is 2.69. The summed E-state index contributed by atoms with van der Waals surface area (Å²) in [4.78, 5) is 16.5. The topological polar surface area (TPSA) is 79.4 Å². The van der Waals surface area contributed by atoms with E-state index in [0.29, 0.717) is 11.1 Å². The zero-order chi connectivity index (χ0) is 19.6. The lowest BCUT2D eigenvalue weighted by molar-refractivity contribution is -0.116. The zero-order valence-corrected chi connectivity index (χ0v) is 16.2. The van der Waals surface area contributed by atoms with E-state index in [0.717, 1.165) is 20.8 Å². The Hall–Kier alpha value is -2.77. The van der Waals surface area contributed by atoms with Gasteiger partial charge in [0.2, 0.25) is 15.9 Å². The molecule has 1 N–H and O–H groups in total. The first-order chi connectivity index (χ1) is 12.8. The van der Waals surface area contributed by atoms with Crippen molar-refractivity contribution in [2.45, 2.75) is 18.7 Å². The molecular weight excluding hydrogens is 362 g/mol. The Kier molecular flexibility index (Phi) is 5.25. The Bertz CT molecular complexity index is 1110. The number of carbonyl (C=O) groups excluding carboxylic acids is 1. The number of nitrogens with zero attached hydrogens (tertiary/aromatic N) is 2. The van der Waals surface area contributed by atoms with Gasteiger partial charge in [-0.25, -0.2) is 8.42 Å². The lowest BCUT2D eigenvalue weighted by Gasteiger charge is -2.18. The molecule has 0 atom stereocenters. The molecule has 27 heavy (non-hydrogen) atoms. The van der Waals surface area contributed by atoms with E-state index in [4.69, 9.17) is 0 Å². The molecule has 3 aromatic rings. The number of aromatic nitrogens is 1. The molecule has 0 spiro atoms. The van der Waals surface area contributed by atoms with Crippen LogP contribution in [0.15, 0.2) is 59.8 Å². The van der Waals surface area contributed by atoms with Crippen molar-refractivity contribution in [3.63, 3.8) is 0 Å². The van der Waals surface area contributed by atoms with Crippen molar-refractivity contribution in [2.75, 3.05) is 18.9 Å². The van der Waals surface area contributed by atoms with Gasteiger partial charge in [-0.1, -0.05) is 29.8 Å². The second kappa shape index (κ2) is 7.46. The molecule has 0 aliphatic rings. The summed E-state index contributed by atoms with van der Waals surface area (Å²) in [6.45, 7) is 3.59. The van der Waals surface area contributed by atoms with Gasteiger partial charge in [-0.2, -0.15) is 4.31 Å². The van der Waals surface area contributed by atoms with E-state index in [1.54, 1.807) is 30.6 Å². The van der Waals surface area contributed by atoms with Gasteiger partial charge in [0.25, 0.3) is 0 Å². The minimum atomic E-state index is -3.83. The molecule has 1 aromatic heterocycles. The second-order valence-corrected chi connectivity index (χ2v) is 8.49. The number of nitrogens with one attached hydrogen (secondary N) is 1. The number of carbonyl (C=O) groups is 1. The van der Waals surface area contributed by atoms with Crippen molar-refractivity contribution in [1.82, 2.24) is 9.29 Å². The Morgan fingerprint density at radius 3 is 2.67 bits per heavy atom. The normalized spacial score (nSPS) is 11.7. The van der Waals surface area contributed by atoms with Crippen LogP contribution in [-0.4, -0.2) is 37.2 Å². The van der Waals surface area contributed by atoms with Gasteiger partial charge >= 0.3 is 0 Å². The molecule has 1 amide bonds. The van der Waals surface area contributed by atoms with Crippen LogP contribution in [0.2, 0.25) is 0 Å². The van der Waals surface area contributed by atoms with Crippen LogP contribution < -0.4 is 5.32 Å². The van der Waals surface area contributed by atoms with Crippen molar-refractivity contribution in [2.24, 2.45) is 0 Å². The van der Waals surface area contributed by atoms with Crippen LogP contribution in [0.1, 0.15) is 11.1 Å². The summed E-state index contributed by atoms with van der Waals surface area (Å²) in [7, 11) is -2.43. The van der Waals surface area contributed by atoms with E-state index in [2.05, 4.69) is 10.3 Å². The van der Waals surface area contributed by atoms with Crippen LogP contribution in [0.3, 0.4) is 0 Å². The standard InChI is InChI=1S/C20H21N3O3S/c1-14-7-8-18(15(2)11-14)22-20(24)13-23(3)27(25,26)19-6-4-5-16-12-21-10-9-17(16)19/h4-12H,13H2,1-3H3,(H,22,24). The first-order valence-electron chi connectivity index (χ1n) is 8.45. The van der Waals surface area contributed by atoms with Gasteiger partial charge < -0.3 is 5.32 Å². The third-order valence-corrected chi connectivity index (χ3v) is 6.21. The molecule has 0 aliphatic carbocycles. The van der Waals surface area contributed by atoms with Crippen LogP contribution in [0.25, 0.3) is 10.8 Å². The van der Waals surface area contributed by atoms with Gasteiger partial charge in [0.1, 0.15) is 0 Å². The van der Waals surface area contributed by atoms with E-state index in [9.17, 15) is 13.2 Å². The smallest absolute Gasteiger partial charge is 0.243 e. The average molecular weight is 383 g/mol. The maximum atomic E-state index is 13.0. The third-order valence-electron chi connectivity index (χ3n) is 4.35. The minimum absolute atomic E-state index is 0.157. The van der Waals surface area contributed by atoms with E-state index in [1.165, 1.54) is 13.1 Å². The number of hydrogen-bond acceptors (Lipinski definition) is 4. The van der Waals surface area contributed by atoms with Crippen molar-refractivity contribution >= 4 is 32.4 Å². The fourth-order valence-electron chi connectivity index (χ4n) is 2.92. The highest BCUT2D eigenvalue weighted by atomic mass is 32.2. The molecule has 0 aliphatic heterocycles. The number of fused-ring (bicyclic) bond motifs is 1. The van der Waals surface area contributed by atoms with E-state index in [1.807, 2.05) is 32.0 Å². The molecule has 0 saturated heterocycles. The van der Waals surface area contributed by atoms with Gasteiger partial charge in [-0.15, -0.1) is 0 Å². The maximum absolute atomic E-state index is 13.0. The molecule has 0 radical (unpaired) electrons. The van der Waals surface area contributed by atoms with Crippen LogP contribution in [0, 0.1) is 13.8 Å². The third kappa shape index (κ3) is 3.99. The quantitative estimate of drug-likeness (QED) is 0.734. The summed E-state index contributed by atoms with van der Waals surface area (Å²) in [5.74, 6) is -0.394. The zero-order valence-electron chi connectivity index (χ0n) is 15.4. The van der Waals surface area contributed by atoms with Gasteiger partial charge in [0, 0.05) is 35.9 Å². The molecule has 0 unspecified atom stereocenters. The van der Waals surface area contributed by atoms with Crippen LogP contribution in [0.4, 0.5) is 5.69 Å². The predicted molar refractivity (Wildman–Crippen MR) is 106 cm³/mol. The van der Waals surface area contributed by atoms with Gasteiger partial charge in [0.15, 0.2) is 0 Å². The molecule has 0 fully saturated rings. The summed E-state index contributed by atoms with van der Waals surface area (Å²) < 4.78 is 27.0. The predicted octanol–water partition coefficient (Wildman–Crippen LogP) is 3.11. The van der Waals surface area contributed by atoms with E-state index in [-0.39, 0.29) is 11.4 Å². The lowest BCUT2D eigenvalue weighted by Crippen LogP contribution is -2.35. The molecule has 7 heteroatoms. The summed E-state index contributed by atoms with van der Waals surface area (Å²) in [5, 5.41) is 4.08. The highest BCUT2D eigenvalue weighted by molar-refractivity contribution is 7.89. The number of hydrogen-bond donors (Lipinski definition) is 1. The molecule has 0 bridgehead atoms. The highest BCUT2D eigenvalue weighted by Gasteiger charge is 2.25. The number of pyridine rings is 1. The van der Waals surface area contributed by atoms with Crippen molar-refractivity contribution in [3.8, 4) is 0 Å². The Morgan fingerprint density at radius 2 is 1.93 bits per heavy atom. The van der Waals surface area contributed by atoms with Crippen molar-refractivity contribution in [3.05, 3.63) is 66.0 Å². The largest absolute Gasteiger partial charge is 0.325 e. The summed E-state index contributed by atoms with van der Waals surface area (Å²) >= 11 is 0. The Labute approximate surface area is 158 Å². The minimum Gasteiger partial charge on any atom is -0.325 e. The highest BCUT2D eigenvalue weighted by Crippen LogP contribution is 2.24. The Morgan fingerprint density at radius 1 is 1.15 bits per heavy atom. The van der Waals surface area contributed by atoms with E-state index >= 15 is 0 Å². The number of anilines is 1. The van der Waals surface area contributed by atoms with Gasteiger partial charge in [-0.05, 0) is 37.6 Å². The van der Waals surface area contributed by atoms with Gasteiger partial charge in [0.05, 0.1) is 11.4 Å². The van der Waals surface area contributed by atoms with Gasteiger partial charge in [-0.3, -0.25) is 9.78 Å². The average Bonchev–Trinajstić information content (AvgIpc) is 2.63. The molecule has 2 aromatic carbocycles. The van der Waals surface area contributed by atoms with Crippen molar-refractivity contribution in [1.29, 1.82) is 0 Å². The molecular formula is C20H21N3O3S. The number of sulfonamides is 1. The fourth-order valence-corrected chi connectivity index (χ4v) is 4.25. The maximum Gasteiger partial charge on any atom is 0.243 e. The van der Waals surface area contributed by atoms with Crippen LogP contribution in [-0.2, 0) is 14.8 Å². The number of likely N-dealkylation sites (N-methyl/N-ethyl adjacent to an activating group) is 1. The Balaban J connectivity index is 1.82. The summed E-state index contributed by atoms with van der Waals surface area (Å²) in [6, 6.07) is 12.3. The molecule has 6 nitrogen and oxygen atoms in total. The number of rotatable bonds is 5. The molecule has 1 heterocycles. The first-order valence-corrected chi connectivity index (χ1v) is 9.89. The fraction of sp³-hybridized carbons (Fsp3) is 0.200. The molecule has 140 valence electrons. The van der Waals surface area contributed by atoms with Crippen LogP contribution >= 0.6 is 0 Å².